The van der Waals surface area contributed by atoms with E-state index in [1.54, 1.807) is 37.3 Å². The van der Waals surface area contributed by atoms with Crippen molar-refractivity contribution >= 4 is 34.7 Å². The number of H-pyrrole nitrogens is 1. The van der Waals surface area contributed by atoms with Crippen LogP contribution >= 0.6 is 0 Å². The minimum absolute atomic E-state index is 0.167. The summed E-state index contributed by atoms with van der Waals surface area (Å²) in [7, 11) is 0. The third kappa shape index (κ3) is 5.07. The maximum Gasteiger partial charge on any atom is 0.422 e. The topological polar surface area (TPSA) is 90.6 Å². The molecule has 3 amide bonds. The quantitative estimate of drug-likeness (QED) is 0.515. The Morgan fingerprint density at radius 2 is 1.85 bits per heavy atom. The van der Waals surface area contributed by atoms with Crippen LogP contribution in [0.4, 0.5) is 21.1 Å². The van der Waals surface area contributed by atoms with E-state index in [0.29, 0.717) is 17.4 Å². The molecular weight excluding hydrogens is 430 g/mol. The Morgan fingerprint density at radius 3 is 2.50 bits per heavy atom. The first-order valence-electron chi connectivity index (χ1n) is 11.8. The van der Waals surface area contributed by atoms with Crippen molar-refractivity contribution in [2.45, 2.75) is 52.0 Å². The second-order valence-corrected chi connectivity index (χ2v) is 9.57. The molecular formula is C26H33N5O3. The van der Waals surface area contributed by atoms with Gasteiger partial charge in [0.25, 0.3) is 0 Å². The molecule has 1 aliphatic heterocycles. The van der Waals surface area contributed by atoms with Gasteiger partial charge < -0.3 is 9.72 Å². The number of aromatic amines is 1. The number of nitrogens with one attached hydrogen (secondary N) is 2. The maximum atomic E-state index is 13.1. The standard InChI is InChI=1S/C26H33N5O3/c1-5-34-25(33)31(19-9-7-6-8-10-19)24(32)29-22-12-11-21-23(28-22)20(17-27-21)18-13-15-30(16-14-18)26(2,3)4/h6-12,17-18,27H,5,13-16H2,1-4H3,(H,28,29,32). The van der Waals surface area contributed by atoms with Crippen molar-refractivity contribution in [2.24, 2.45) is 0 Å². The summed E-state index contributed by atoms with van der Waals surface area (Å²) in [6, 6.07) is 11.7. The molecule has 1 fully saturated rings. The molecule has 0 radical (unpaired) electrons. The molecule has 1 aliphatic rings. The summed E-state index contributed by atoms with van der Waals surface area (Å²) in [4.78, 5) is 37.2. The van der Waals surface area contributed by atoms with Gasteiger partial charge in [-0.3, -0.25) is 10.2 Å². The zero-order valence-electron chi connectivity index (χ0n) is 20.3. The lowest BCUT2D eigenvalue weighted by atomic mass is 9.88. The van der Waals surface area contributed by atoms with E-state index in [4.69, 9.17) is 9.72 Å². The number of benzene rings is 1. The SMILES string of the molecule is CCOC(=O)N(C(=O)Nc1ccc2[nH]cc(C3CCN(C(C)(C)C)CC3)c2n1)c1ccccc1. The fourth-order valence-corrected chi connectivity index (χ4v) is 4.50. The fraction of sp³-hybridized carbons (Fsp3) is 0.423. The lowest BCUT2D eigenvalue weighted by molar-refractivity contribution is 0.102. The molecule has 2 N–H and O–H groups in total. The van der Waals surface area contributed by atoms with Crippen LogP contribution in [-0.2, 0) is 4.74 Å². The van der Waals surface area contributed by atoms with Crippen LogP contribution in [0.5, 0.6) is 0 Å². The number of anilines is 2. The van der Waals surface area contributed by atoms with Crippen LogP contribution in [0, 0.1) is 0 Å². The van der Waals surface area contributed by atoms with Crippen molar-refractivity contribution in [3.05, 3.63) is 54.2 Å². The van der Waals surface area contributed by atoms with Crippen LogP contribution in [0.1, 0.15) is 52.0 Å². The first kappa shape index (κ1) is 23.8. The zero-order valence-corrected chi connectivity index (χ0v) is 20.3. The molecule has 180 valence electrons. The number of urea groups is 1. The number of hydrogen-bond donors (Lipinski definition) is 2. The average molecular weight is 464 g/mol. The molecule has 8 nitrogen and oxygen atoms in total. The molecule has 4 rings (SSSR count). The molecule has 3 heterocycles. The lowest BCUT2D eigenvalue weighted by Crippen LogP contribution is -2.45. The summed E-state index contributed by atoms with van der Waals surface area (Å²) in [5, 5.41) is 2.77. The highest BCUT2D eigenvalue weighted by Crippen LogP contribution is 2.34. The molecule has 1 aromatic carbocycles. The number of rotatable bonds is 4. The van der Waals surface area contributed by atoms with Gasteiger partial charge in [0, 0.05) is 11.7 Å². The molecule has 0 unspecified atom stereocenters. The minimum Gasteiger partial charge on any atom is -0.449 e. The number of carbonyl (C=O) groups excluding carboxylic acids is 2. The number of aromatic nitrogens is 2. The number of ether oxygens (including phenoxy) is 1. The lowest BCUT2D eigenvalue weighted by Gasteiger charge is -2.40. The molecule has 2 aromatic heterocycles. The normalized spacial score (nSPS) is 15.3. The summed E-state index contributed by atoms with van der Waals surface area (Å²) in [6.07, 6.45) is 3.43. The first-order valence-corrected chi connectivity index (χ1v) is 11.8. The maximum absolute atomic E-state index is 13.1. The summed E-state index contributed by atoms with van der Waals surface area (Å²) in [5.41, 5.74) is 3.55. The van der Waals surface area contributed by atoms with E-state index < -0.39 is 12.1 Å². The zero-order chi connectivity index (χ0) is 24.3. The van der Waals surface area contributed by atoms with Crippen LogP contribution in [0.15, 0.2) is 48.7 Å². The molecule has 1 saturated heterocycles. The van der Waals surface area contributed by atoms with Crippen LogP contribution < -0.4 is 10.2 Å². The van der Waals surface area contributed by atoms with E-state index >= 15 is 0 Å². The van der Waals surface area contributed by atoms with E-state index in [9.17, 15) is 9.59 Å². The predicted octanol–water partition coefficient (Wildman–Crippen LogP) is 5.74. The summed E-state index contributed by atoms with van der Waals surface area (Å²) in [5.74, 6) is 0.793. The van der Waals surface area contributed by atoms with Crippen LogP contribution in [0.2, 0.25) is 0 Å². The van der Waals surface area contributed by atoms with Crippen molar-refractivity contribution in [2.75, 3.05) is 29.9 Å². The molecule has 0 saturated carbocycles. The Bertz CT molecular complexity index is 1140. The Labute approximate surface area is 200 Å². The van der Waals surface area contributed by atoms with E-state index in [1.165, 1.54) is 5.56 Å². The van der Waals surface area contributed by atoms with Gasteiger partial charge in [-0.1, -0.05) is 18.2 Å². The number of amides is 3. The van der Waals surface area contributed by atoms with Gasteiger partial charge >= 0.3 is 12.1 Å². The third-order valence-corrected chi connectivity index (χ3v) is 6.34. The third-order valence-electron chi connectivity index (χ3n) is 6.34. The number of nitrogens with zero attached hydrogens (tertiary/aromatic N) is 3. The predicted molar refractivity (Wildman–Crippen MR) is 134 cm³/mol. The number of carbonyl (C=O) groups is 2. The van der Waals surface area contributed by atoms with E-state index in [1.807, 2.05) is 18.3 Å². The summed E-state index contributed by atoms with van der Waals surface area (Å²) >= 11 is 0. The van der Waals surface area contributed by atoms with Crippen molar-refractivity contribution in [1.82, 2.24) is 14.9 Å². The van der Waals surface area contributed by atoms with Crippen LogP contribution in [0.3, 0.4) is 0 Å². The minimum atomic E-state index is -0.736. The smallest absolute Gasteiger partial charge is 0.422 e. The molecule has 0 aliphatic carbocycles. The van der Waals surface area contributed by atoms with E-state index in [-0.39, 0.29) is 12.1 Å². The largest absolute Gasteiger partial charge is 0.449 e. The molecule has 34 heavy (non-hydrogen) atoms. The Morgan fingerprint density at radius 1 is 1.15 bits per heavy atom. The number of piperidine rings is 1. The van der Waals surface area contributed by atoms with Crippen LogP contribution in [0.25, 0.3) is 11.0 Å². The molecule has 0 spiro atoms. The number of fused-ring (bicyclic) bond motifs is 1. The van der Waals surface area contributed by atoms with Gasteiger partial charge in [0.05, 0.1) is 23.3 Å². The number of pyridine rings is 1. The van der Waals surface area contributed by atoms with Crippen molar-refractivity contribution in [1.29, 1.82) is 0 Å². The van der Waals surface area contributed by atoms with Crippen LogP contribution in [-0.4, -0.2) is 52.2 Å². The second-order valence-electron chi connectivity index (χ2n) is 9.57. The fourth-order valence-electron chi connectivity index (χ4n) is 4.50. The number of hydrogen-bond acceptors (Lipinski definition) is 5. The number of para-hydroxylation sites is 1. The van der Waals surface area contributed by atoms with Gasteiger partial charge in [0.1, 0.15) is 5.82 Å². The van der Waals surface area contributed by atoms with E-state index in [0.717, 1.165) is 41.9 Å². The van der Waals surface area contributed by atoms with Gasteiger partial charge in [-0.05, 0) is 89.4 Å². The molecule has 0 bridgehead atoms. The van der Waals surface area contributed by atoms with Gasteiger partial charge in [-0.15, -0.1) is 0 Å². The summed E-state index contributed by atoms with van der Waals surface area (Å²) < 4.78 is 5.10. The Hall–Kier alpha value is -3.39. The second kappa shape index (κ2) is 9.85. The van der Waals surface area contributed by atoms with Gasteiger partial charge in [0.2, 0.25) is 0 Å². The van der Waals surface area contributed by atoms with Gasteiger partial charge in [0.15, 0.2) is 0 Å². The number of imide groups is 1. The average Bonchev–Trinajstić information content (AvgIpc) is 3.23. The molecule has 3 aromatic rings. The molecule has 8 heteroatoms. The van der Waals surface area contributed by atoms with Gasteiger partial charge in [-0.25, -0.2) is 14.6 Å². The highest BCUT2D eigenvalue weighted by molar-refractivity contribution is 6.16. The number of likely N-dealkylation sites (tertiary alicyclic amines) is 1. The Balaban J connectivity index is 1.55. The van der Waals surface area contributed by atoms with Crippen molar-refractivity contribution < 1.29 is 14.3 Å². The van der Waals surface area contributed by atoms with Gasteiger partial charge in [-0.2, -0.15) is 4.90 Å². The van der Waals surface area contributed by atoms with Crippen molar-refractivity contribution in [3.8, 4) is 0 Å². The molecule has 0 atom stereocenters. The summed E-state index contributed by atoms with van der Waals surface area (Å²) in [6.45, 7) is 10.7. The van der Waals surface area contributed by atoms with Crippen molar-refractivity contribution in [3.63, 3.8) is 0 Å². The highest BCUT2D eigenvalue weighted by Gasteiger charge is 2.29. The first-order chi connectivity index (χ1) is 16.3. The highest BCUT2D eigenvalue weighted by atomic mass is 16.6. The Kier molecular flexibility index (Phi) is 6.88. The monoisotopic (exact) mass is 463 g/mol. The van der Waals surface area contributed by atoms with E-state index in [2.05, 4.69) is 36.0 Å².